The molecule has 0 aromatic carbocycles. The first kappa shape index (κ1) is 12.5. The molecule has 0 radical (unpaired) electrons. The monoisotopic (exact) mass is 286 g/mol. The van der Waals surface area contributed by atoms with E-state index in [9.17, 15) is 0 Å². The largest absolute Gasteiger partial charge is 0.250 e. The summed E-state index contributed by atoms with van der Waals surface area (Å²) in [4.78, 5) is 1.03. The Morgan fingerprint density at radius 2 is 2.41 bits per heavy atom. The normalized spacial score (nSPS) is 12.1. The third-order valence-electron chi connectivity index (χ3n) is 2.21. The number of aryl methyl sites for hydroxylation is 1. The van der Waals surface area contributed by atoms with Crippen molar-refractivity contribution in [2.24, 2.45) is 5.10 Å². The molecular weight excluding hydrogens is 276 g/mol. The van der Waals surface area contributed by atoms with Crippen LogP contribution in [0.4, 0.5) is 0 Å². The van der Waals surface area contributed by atoms with Crippen molar-refractivity contribution in [1.82, 2.24) is 14.9 Å². The molecule has 2 aromatic heterocycles. The second kappa shape index (κ2) is 5.12. The summed E-state index contributed by atoms with van der Waals surface area (Å²) in [5.41, 5.74) is 0.870. The number of aromatic amines is 1. The number of hydrogen-bond donors (Lipinski definition) is 1. The van der Waals surface area contributed by atoms with E-state index in [0.29, 0.717) is 4.77 Å². The smallest absolute Gasteiger partial charge is 0.216 e. The van der Waals surface area contributed by atoms with E-state index >= 15 is 0 Å². The zero-order valence-corrected chi connectivity index (χ0v) is 11.8. The zero-order chi connectivity index (χ0) is 12.4. The molecule has 7 heteroatoms. The van der Waals surface area contributed by atoms with Crippen LogP contribution in [0, 0.1) is 4.77 Å². The van der Waals surface area contributed by atoms with Crippen LogP contribution in [0.25, 0.3) is 0 Å². The molecule has 0 aliphatic carbocycles. The number of thiophene rings is 1. The van der Waals surface area contributed by atoms with Crippen molar-refractivity contribution in [2.45, 2.75) is 20.3 Å². The lowest BCUT2D eigenvalue weighted by Gasteiger charge is -1.99. The molecule has 0 aliphatic rings. The highest BCUT2D eigenvalue weighted by molar-refractivity contribution is 7.71. The van der Waals surface area contributed by atoms with Crippen LogP contribution >= 0.6 is 35.2 Å². The van der Waals surface area contributed by atoms with Gasteiger partial charge in [-0.3, -0.25) is 5.10 Å². The summed E-state index contributed by atoms with van der Waals surface area (Å²) >= 11 is 12.5. The number of aromatic nitrogens is 3. The first-order chi connectivity index (χ1) is 8.11. The lowest BCUT2D eigenvalue weighted by atomic mass is 10.3. The van der Waals surface area contributed by atoms with Crippen molar-refractivity contribution in [2.75, 3.05) is 0 Å². The fourth-order valence-corrected chi connectivity index (χ4v) is 2.54. The molecule has 0 atom stereocenters. The predicted octanol–water partition coefficient (Wildman–Crippen LogP) is 3.49. The fraction of sp³-hybridized carbons (Fsp3) is 0.300. The van der Waals surface area contributed by atoms with Crippen molar-refractivity contribution in [3.8, 4) is 0 Å². The van der Waals surface area contributed by atoms with E-state index in [1.54, 1.807) is 4.68 Å². The van der Waals surface area contributed by atoms with Gasteiger partial charge in [0.1, 0.15) is 0 Å². The van der Waals surface area contributed by atoms with E-state index in [2.05, 4.69) is 15.3 Å². The zero-order valence-electron chi connectivity index (χ0n) is 9.40. The molecule has 0 unspecified atom stereocenters. The van der Waals surface area contributed by atoms with E-state index in [1.165, 1.54) is 11.3 Å². The maximum absolute atomic E-state index is 5.89. The number of H-pyrrole nitrogens is 1. The van der Waals surface area contributed by atoms with Crippen molar-refractivity contribution in [3.05, 3.63) is 31.9 Å². The van der Waals surface area contributed by atoms with Crippen LogP contribution in [0.15, 0.2) is 17.2 Å². The summed E-state index contributed by atoms with van der Waals surface area (Å²) < 4.78 is 2.91. The Hall–Kier alpha value is -0.980. The number of nitrogens with zero attached hydrogens (tertiary/aromatic N) is 3. The fourth-order valence-electron chi connectivity index (χ4n) is 1.36. The highest BCUT2D eigenvalue weighted by Gasteiger charge is 2.06. The summed E-state index contributed by atoms with van der Waals surface area (Å²) in [6, 6.07) is 3.80. The van der Waals surface area contributed by atoms with Gasteiger partial charge in [-0.15, -0.1) is 11.3 Å². The van der Waals surface area contributed by atoms with Gasteiger partial charge in [0.2, 0.25) is 4.77 Å². The first-order valence-corrected chi connectivity index (χ1v) is 6.69. The Morgan fingerprint density at radius 1 is 1.65 bits per heavy atom. The van der Waals surface area contributed by atoms with Crippen LogP contribution in [0.3, 0.4) is 0 Å². The summed E-state index contributed by atoms with van der Waals surface area (Å²) in [7, 11) is 0. The van der Waals surface area contributed by atoms with Gasteiger partial charge in [-0.05, 0) is 31.3 Å². The van der Waals surface area contributed by atoms with Crippen LogP contribution in [-0.4, -0.2) is 20.6 Å². The molecule has 2 rings (SSSR count). The lowest BCUT2D eigenvalue weighted by molar-refractivity contribution is 0.776. The highest BCUT2D eigenvalue weighted by atomic mass is 35.5. The predicted molar refractivity (Wildman–Crippen MR) is 73.7 cm³/mol. The molecule has 2 aromatic rings. The van der Waals surface area contributed by atoms with Gasteiger partial charge < -0.3 is 0 Å². The maximum atomic E-state index is 5.89. The Bertz CT molecular complexity index is 608. The van der Waals surface area contributed by atoms with Crippen molar-refractivity contribution in [1.29, 1.82) is 0 Å². The first-order valence-electron chi connectivity index (χ1n) is 5.09. The lowest BCUT2D eigenvalue weighted by Crippen LogP contribution is -2.01. The summed E-state index contributed by atoms with van der Waals surface area (Å²) in [6.45, 7) is 3.94. The molecule has 4 nitrogen and oxygen atoms in total. The second-order valence-corrected chi connectivity index (χ2v) is 5.50. The molecule has 17 heavy (non-hydrogen) atoms. The van der Waals surface area contributed by atoms with Crippen molar-refractivity contribution >= 4 is 40.9 Å². The van der Waals surface area contributed by atoms with Gasteiger partial charge in [-0.2, -0.15) is 14.9 Å². The van der Waals surface area contributed by atoms with Crippen LogP contribution in [-0.2, 0) is 6.42 Å². The molecule has 2 heterocycles. The minimum absolute atomic E-state index is 0.504. The molecule has 90 valence electrons. The number of rotatable bonds is 3. The number of nitrogens with one attached hydrogen (secondary N) is 1. The van der Waals surface area contributed by atoms with Crippen molar-refractivity contribution < 1.29 is 0 Å². The molecule has 0 spiro atoms. The molecule has 0 aliphatic heterocycles. The van der Waals surface area contributed by atoms with Crippen LogP contribution in [0.5, 0.6) is 0 Å². The standard InChI is InChI=1S/C10H11ClN4S2/c1-3-9-12-13-10(16)15(9)14-6(2)7-4-5-8(11)17-7/h4-5H,3H2,1-2H3,(H,13,16)/b14-6+. The van der Waals surface area contributed by atoms with Gasteiger partial charge in [0.25, 0.3) is 0 Å². The molecule has 0 bridgehead atoms. The third kappa shape index (κ3) is 2.65. The van der Waals surface area contributed by atoms with Crippen LogP contribution in [0.2, 0.25) is 4.34 Å². The molecule has 1 N–H and O–H groups in total. The minimum Gasteiger partial charge on any atom is -0.250 e. The topological polar surface area (TPSA) is 46.0 Å². The minimum atomic E-state index is 0.504. The second-order valence-electron chi connectivity index (χ2n) is 3.40. The highest BCUT2D eigenvalue weighted by Crippen LogP contribution is 2.22. The Labute approximate surface area is 113 Å². The maximum Gasteiger partial charge on any atom is 0.216 e. The van der Waals surface area contributed by atoms with Gasteiger partial charge >= 0.3 is 0 Å². The SMILES string of the molecule is CCc1n[nH]c(=S)n1/N=C(\C)c1ccc(Cl)s1. The van der Waals surface area contributed by atoms with E-state index in [0.717, 1.165) is 27.2 Å². The number of halogens is 1. The van der Waals surface area contributed by atoms with Gasteiger partial charge in [0, 0.05) is 6.42 Å². The molecule has 0 saturated heterocycles. The average Bonchev–Trinajstić information content (AvgIpc) is 2.87. The summed E-state index contributed by atoms with van der Waals surface area (Å²) in [6.07, 6.45) is 0.773. The van der Waals surface area contributed by atoms with Gasteiger partial charge in [-0.1, -0.05) is 18.5 Å². The third-order valence-corrected chi connectivity index (χ3v) is 3.82. The molecule has 0 amide bonds. The summed E-state index contributed by atoms with van der Waals surface area (Å²) in [5, 5.41) is 11.3. The molecular formula is C10H11ClN4S2. The van der Waals surface area contributed by atoms with Gasteiger partial charge in [-0.25, -0.2) is 0 Å². The Morgan fingerprint density at radius 3 is 3.00 bits per heavy atom. The van der Waals surface area contributed by atoms with Gasteiger partial charge in [0.05, 0.1) is 14.9 Å². The van der Waals surface area contributed by atoms with E-state index in [1.807, 2.05) is 26.0 Å². The molecule has 0 saturated carbocycles. The summed E-state index contributed by atoms with van der Waals surface area (Å²) in [5.74, 6) is 0.817. The quantitative estimate of drug-likeness (QED) is 0.693. The van der Waals surface area contributed by atoms with Crippen LogP contribution in [0.1, 0.15) is 24.5 Å². The Kier molecular flexibility index (Phi) is 3.76. The van der Waals surface area contributed by atoms with E-state index < -0.39 is 0 Å². The Balaban J connectivity index is 2.42. The van der Waals surface area contributed by atoms with Crippen molar-refractivity contribution in [3.63, 3.8) is 0 Å². The van der Waals surface area contributed by atoms with E-state index in [4.69, 9.17) is 23.8 Å². The van der Waals surface area contributed by atoms with E-state index in [-0.39, 0.29) is 0 Å². The number of hydrogen-bond acceptors (Lipinski definition) is 4. The average molecular weight is 287 g/mol. The van der Waals surface area contributed by atoms with Gasteiger partial charge in [0.15, 0.2) is 5.82 Å². The molecule has 0 fully saturated rings. The van der Waals surface area contributed by atoms with Crippen LogP contribution < -0.4 is 0 Å².